The number of nitrogens with zero attached hydrogens (tertiary/aromatic N) is 4. The fraction of sp³-hybridized carbons (Fsp3) is 0.250. The number of rotatable bonds is 3. The van der Waals surface area contributed by atoms with Crippen LogP contribution in [0.1, 0.15) is 18.2 Å². The quantitative estimate of drug-likeness (QED) is 0.884. The second kappa shape index (κ2) is 4.27. The normalized spacial score (nSPS) is 16.1. The Labute approximate surface area is 109 Å². The Balaban J connectivity index is 1.84. The maximum atomic E-state index is 5.52. The summed E-state index contributed by atoms with van der Waals surface area (Å²) in [7, 11) is 0. The number of pyridine rings is 1. The van der Waals surface area contributed by atoms with Gasteiger partial charge < -0.3 is 15.2 Å². The van der Waals surface area contributed by atoms with Gasteiger partial charge >= 0.3 is 0 Å². The summed E-state index contributed by atoms with van der Waals surface area (Å²) in [6.07, 6.45) is 6.25. The zero-order chi connectivity index (χ0) is 13.3. The van der Waals surface area contributed by atoms with Crippen molar-refractivity contribution >= 4 is 5.82 Å². The molecule has 2 aromatic rings. The molecule has 3 rings (SSSR count). The minimum absolute atomic E-state index is 0.384. The van der Waals surface area contributed by atoms with Gasteiger partial charge in [0.15, 0.2) is 5.82 Å². The van der Waals surface area contributed by atoms with Gasteiger partial charge in [0, 0.05) is 18.7 Å². The Bertz CT molecular complexity index is 614. The molecule has 0 bridgehead atoms. The molecular weight excluding hydrogens is 246 g/mol. The van der Waals surface area contributed by atoms with Gasteiger partial charge in [0.2, 0.25) is 0 Å². The maximum Gasteiger partial charge on any atom is 0.274 e. The summed E-state index contributed by atoms with van der Waals surface area (Å²) in [5, 5.41) is 8.04. The predicted octanol–water partition coefficient (Wildman–Crippen LogP) is 0.994. The lowest BCUT2D eigenvalue weighted by molar-refractivity contribution is -0.133. The van der Waals surface area contributed by atoms with Crippen LogP contribution in [0, 0.1) is 0 Å². The van der Waals surface area contributed by atoms with Crippen LogP contribution in [-0.4, -0.2) is 20.0 Å². The third kappa shape index (κ3) is 2.22. The van der Waals surface area contributed by atoms with Gasteiger partial charge in [-0.2, -0.15) is 9.90 Å². The van der Waals surface area contributed by atoms with Crippen LogP contribution in [0.4, 0.5) is 5.82 Å². The highest BCUT2D eigenvalue weighted by Gasteiger charge is 2.32. The van der Waals surface area contributed by atoms with E-state index in [0.717, 1.165) is 11.3 Å². The number of anilines is 1. The summed E-state index contributed by atoms with van der Waals surface area (Å²) in [6.45, 7) is 2.28. The van der Waals surface area contributed by atoms with E-state index in [1.54, 1.807) is 6.20 Å². The van der Waals surface area contributed by atoms with E-state index in [9.17, 15) is 0 Å². The van der Waals surface area contributed by atoms with E-state index in [2.05, 4.69) is 15.2 Å². The van der Waals surface area contributed by atoms with E-state index in [1.807, 2.05) is 19.1 Å². The standard InChI is InChI=1S/C12H13N5O2/c1-12(18-4-5-19-12)9-2-3-14-10(6-9)8-17-15-7-11(13)16-17/h2-7H,8H2,1H3,(H2,13,16). The molecule has 1 aliphatic heterocycles. The van der Waals surface area contributed by atoms with E-state index < -0.39 is 5.79 Å². The first-order valence-corrected chi connectivity index (χ1v) is 5.77. The molecule has 3 heterocycles. The van der Waals surface area contributed by atoms with Crippen molar-refractivity contribution in [3.8, 4) is 0 Å². The van der Waals surface area contributed by atoms with Crippen LogP contribution in [0.15, 0.2) is 37.1 Å². The lowest BCUT2D eigenvalue weighted by atomic mass is 10.1. The fourth-order valence-electron chi connectivity index (χ4n) is 1.86. The predicted molar refractivity (Wildman–Crippen MR) is 66.4 cm³/mol. The van der Waals surface area contributed by atoms with Crippen LogP contribution in [-0.2, 0) is 21.8 Å². The highest BCUT2D eigenvalue weighted by atomic mass is 16.7. The Morgan fingerprint density at radius 2 is 2.16 bits per heavy atom. The molecule has 0 saturated heterocycles. The van der Waals surface area contributed by atoms with Crippen LogP contribution in [0.25, 0.3) is 0 Å². The first-order chi connectivity index (χ1) is 9.16. The molecule has 7 nitrogen and oxygen atoms in total. The smallest absolute Gasteiger partial charge is 0.274 e. The molecule has 0 radical (unpaired) electrons. The number of aromatic nitrogens is 4. The van der Waals surface area contributed by atoms with Crippen LogP contribution in [0.2, 0.25) is 0 Å². The second-order valence-corrected chi connectivity index (χ2v) is 4.29. The molecule has 0 fully saturated rings. The third-order valence-electron chi connectivity index (χ3n) is 2.84. The van der Waals surface area contributed by atoms with E-state index in [4.69, 9.17) is 15.2 Å². The van der Waals surface area contributed by atoms with E-state index >= 15 is 0 Å². The SMILES string of the molecule is CC1(c2ccnc(Cn3ncc(N)n3)c2)OC=CO1. The van der Waals surface area contributed by atoms with Crippen molar-refractivity contribution in [3.05, 3.63) is 48.3 Å². The average molecular weight is 259 g/mol. The van der Waals surface area contributed by atoms with Gasteiger partial charge in [-0.1, -0.05) is 0 Å². The number of hydrogen-bond acceptors (Lipinski definition) is 6. The van der Waals surface area contributed by atoms with Crippen LogP contribution < -0.4 is 5.73 Å². The highest BCUT2D eigenvalue weighted by Crippen LogP contribution is 2.31. The van der Waals surface area contributed by atoms with Crippen LogP contribution in [0.5, 0.6) is 0 Å². The van der Waals surface area contributed by atoms with Gasteiger partial charge in [-0.15, -0.1) is 5.10 Å². The van der Waals surface area contributed by atoms with Crippen molar-refractivity contribution in [2.24, 2.45) is 0 Å². The molecule has 0 aromatic carbocycles. The molecule has 0 unspecified atom stereocenters. The minimum atomic E-state index is -0.797. The molecule has 0 saturated carbocycles. The number of nitrogen functional groups attached to an aromatic ring is 1. The van der Waals surface area contributed by atoms with Crippen LogP contribution in [0.3, 0.4) is 0 Å². The molecule has 19 heavy (non-hydrogen) atoms. The van der Waals surface area contributed by atoms with Gasteiger partial charge in [0.25, 0.3) is 5.79 Å². The summed E-state index contributed by atoms with van der Waals surface area (Å²) in [6, 6.07) is 3.74. The summed E-state index contributed by atoms with van der Waals surface area (Å²) in [4.78, 5) is 5.76. The number of nitrogens with two attached hydrogens (primary N) is 1. The largest absolute Gasteiger partial charge is 0.453 e. The fourth-order valence-corrected chi connectivity index (χ4v) is 1.86. The van der Waals surface area contributed by atoms with Crippen molar-refractivity contribution in [3.63, 3.8) is 0 Å². The van der Waals surface area contributed by atoms with Gasteiger partial charge in [0.1, 0.15) is 19.1 Å². The van der Waals surface area contributed by atoms with Gasteiger partial charge in [-0.05, 0) is 12.1 Å². The molecular formula is C12H13N5O2. The van der Waals surface area contributed by atoms with E-state index in [0.29, 0.717) is 12.4 Å². The van der Waals surface area contributed by atoms with Crippen molar-refractivity contribution in [1.29, 1.82) is 0 Å². The third-order valence-corrected chi connectivity index (χ3v) is 2.84. The van der Waals surface area contributed by atoms with Crippen LogP contribution >= 0.6 is 0 Å². The summed E-state index contributed by atoms with van der Waals surface area (Å²) < 4.78 is 10.9. The summed E-state index contributed by atoms with van der Waals surface area (Å²) in [5.74, 6) is -0.413. The van der Waals surface area contributed by atoms with Crippen molar-refractivity contribution in [2.75, 3.05) is 5.73 Å². The first kappa shape index (κ1) is 11.5. The molecule has 2 N–H and O–H groups in total. The van der Waals surface area contributed by atoms with Gasteiger partial charge in [-0.3, -0.25) is 4.98 Å². The average Bonchev–Trinajstić information content (AvgIpc) is 3.00. The zero-order valence-electron chi connectivity index (χ0n) is 10.4. The van der Waals surface area contributed by atoms with E-state index in [-0.39, 0.29) is 0 Å². The van der Waals surface area contributed by atoms with Crippen molar-refractivity contribution < 1.29 is 9.47 Å². The minimum Gasteiger partial charge on any atom is -0.453 e. The van der Waals surface area contributed by atoms with Crippen molar-refractivity contribution in [1.82, 2.24) is 20.0 Å². The molecule has 0 amide bonds. The monoisotopic (exact) mass is 259 g/mol. The number of hydrogen-bond donors (Lipinski definition) is 1. The van der Waals surface area contributed by atoms with Crippen molar-refractivity contribution in [2.45, 2.75) is 19.3 Å². The highest BCUT2D eigenvalue weighted by molar-refractivity contribution is 5.23. The molecule has 7 heteroatoms. The molecule has 0 aliphatic carbocycles. The first-order valence-electron chi connectivity index (χ1n) is 5.77. The lowest BCUT2D eigenvalue weighted by Crippen LogP contribution is -2.22. The van der Waals surface area contributed by atoms with Gasteiger partial charge in [0.05, 0.1) is 11.9 Å². The second-order valence-electron chi connectivity index (χ2n) is 4.29. The molecule has 0 spiro atoms. The Hall–Kier alpha value is -2.57. The van der Waals surface area contributed by atoms with Gasteiger partial charge in [-0.25, -0.2) is 0 Å². The zero-order valence-corrected chi connectivity index (χ0v) is 10.4. The molecule has 1 aliphatic rings. The Morgan fingerprint density at radius 1 is 1.37 bits per heavy atom. The summed E-state index contributed by atoms with van der Waals surface area (Å²) in [5.41, 5.74) is 7.20. The lowest BCUT2D eigenvalue weighted by Gasteiger charge is -2.23. The maximum absolute atomic E-state index is 5.52. The number of ether oxygens (including phenoxy) is 2. The van der Waals surface area contributed by atoms with E-state index in [1.165, 1.54) is 23.5 Å². The molecule has 0 atom stereocenters. The molecule has 2 aromatic heterocycles. The Kier molecular flexibility index (Phi) is 2.59. The summed E-state index contributed by atoms with van der Waals surface area (Å²) >= 11 is 0. The Morgan fingerprint density at radius 3 is 2.84 bits per heavy atom. The topological polar surface area (TPSA) is 88.1 Å². The molecule has 98 valence electrons.